The summed E-state index contributed by atoms with van der Waals surface area (Å²) in [6, 6.07) is 8.90. The highest BCUT2D eigenvalue weighted by Gasteiger charge is 2.43. The summed E-state index contributed by atoms with van der Waals surface area (Å²) < 4.78 is 4.88. The molecule has 6 nitrogen and oxygen atoms in total. The zero-order valence-electron chi connectivity index (χ0n) is 10.4. The molecule has 1 N–H and O–H groups in total. The third-order valence-corrected chi connectivity index (χ3v) is 2.91. The first-order valence-electron chi connectivity index (χ1n) is 5.94. The highest BCUT2D eigenvalue weighted by molar-refractivity contribution is 6.49. The van der Waals surface area contributed by atoms with Gasteiger partial charge in [-0.25, -0.2) is 0 Å². The largest absolute Gasteiger partial charge is 0.465 e. The van der Waals surface area contributed by atoms with Crippen LogP contribution in [0.25, 0.3) is 0 Å². The maximum atomic E-state index is 12.1. The quantitative estimate of drug-likeness (QED) is 0.501. The van der Waals surface area contributed by atoms with Gasteiger partial charge in [0.2, 0.25) is 0 Å². The van der Waals surface area contributed by atoms with Crippen molar-refractivity contribution in [3.63, 3.8) is 0 Å². The maximum Gasteiger partial charge on any atom is 0.317 e. The first kappa shape index (κ1) is 13.1. The van der Waals surface area contributed by atoms with Crippen LogP contribution < -0.4 is 4.90 Å². The van der Waals surface area contributed by atoms with E-state index in [1.54, 1.807) is 31.2 Å². The minimum Gasteiger partial charge on any atom is -0.465 e. The number of carbonyl (C=O) groups excluding carboxylic acids is 2. The van der Waals surface area contributed by atoms with Crippen molar-refractivity contribution in [2.45, 2.75) is 6.92 Å². The molecule has 1 aliphatic heterocycles. The highest BCUT2D eigenvalue weighted by Crippen LogP contribution is 2.24. The molecule has 1 fully saturated rings. The number of anilines is 1. The van der Waals surface area contributed by atoms with E-state index in [2.05, 4.69) is 5.16 Å². The number of amides is 1. The number of hydrogen-bond acceptors (Lipinski definition) is 5. The molecule has 0 saturated carbocycles. The predicted molar refractivity (Wildman–Crippen MR) is 68.1 cm³/mol. The van der Waals surface area contributed by atoms with Gasteiger partial charge >= 0.3 is 5.97 Å². The first-order chi connectivity index (χ1) is 9.19. The average molecular weight is 262 g/mol. The molecule has 0 spiro atoms. The Labute approximate surface area is 110 Å². The van der Waals surface area contributed by atoms with Gasteiger partial charge in [0, 0.05) is 12.2 Å². The van der Waals surface area contributed by atoms with Crippen molar-refractivity contribution < 1.29 is 19.5 Å². The Hall–Kier alpha value is -2.37. The number of nitrogens with zero attached hydrogens (tertiary/aromatic N) is 2. The number of hydrogen-bond donors (Lipinski definition) is 1. The van der Waals surface area contributed by atoms with Crippen LogP contribution in [0.15, 0.2) is 35.5 Å². The summed E-state index contributed by atoms with van der Waals surface area (Å²) in [6.45, 7) is 2.02. The van der Waals surface area contributed by atoms with Crippen LogP contribution in [0.5, 0.6) is 0 Å². The van der Waals surface area contributed by atoms with Crippen molar-refractivity contribution in [2.24, 2.45) is 11.1 Å². The van der Waals surface area contributed by atoms with E-state index in [0.717, 1.165) is 0 Å². The van der Waals surface area contributed by atoms with Crippen LogP contribution in [-0.4, -0.2) is 35.9 Å². The smallest absolute Gasteiger partial charge is 0.317 e. The lowest BCUT2D eigenvalue weighted by atomic mass is 10.1. The highest BCUT2D eigenvalue weighted by atomic mass is 16.5. The number of esters is 1. The molecule has 1 amide bonds. The topological polar surface area (TPSA) is 79.2 Å². The SMILES string of the molecule is CCOC(=O)C1CN(c2ccccc2)C(=O)C1=NO. The molecular weight excluding hydrogens is 248 g/mol. The maximum absolute atomic E-state index is 12.1. The molecule has 1 aromatic carbocycles. The number of ether oxygens (including phenoxy) is 1. The molecule has 0 bridgehead atoms. The lowest BCUT2D eigenvalue weighted by Gasteiger charge is -2.15. The summed E-state index contributed by atoms with van der Waals surface area (Å²) in [7, 11) is 0. The number of benzene rings is 1. The van der Waals surface area contributed by atoms with Gasteiger partial charge in [0.15, 0.2) is 5.71 Å². The molecule has 1 aromatic rings. The molecule has 6 heteroatoms. The Bertz CT molecular complexity index is 513. The number of oxime groups is 1. The van der Waals surface area contributed by atoms with Crippen LogP contribution >= 0.6 is 0 Å². The van der Waals surface area contributed by atoms with Gasteiger partial charge in [0.25, 0.3) is 5.91 Å². The fourth-order valence-corrected chi connectivity index (χ4v) is 2.01. The molecular formula is C13H14N2O4. The van der Waals surface area contributed by atoms with Gasteiger partial charge in [-0.2, -0.15) is 0 Å². The molecule has 1 atom stereocenters. The van der Waals surface area contributed by atoms with Gasteiger partial charge in [0.1, 0.15) is 5.92 Å². The standard InChI is InChI=1S/C13H14N2O4/c1-2-19-13(17)10-8-15(12(16)11(10)14-18)9-6-4-3-5-7-9/h3-7,10,18H,2,8H2,1H3. The van der Waals surface area contributed by atoms with Crippen LogP contribution in [0.3, 0.4) is 0 Å². The summed E-state index contributed by atoms with van der Waals surface area (Å²) in [4.78, 5) is 25.2. The molecule has 19 heavy (non-hydrogen) atoms. The number of rotatable bonds is 3. The van der Waals surface area contributed by atoms with Crippen molar-refractivity contribution in [2.75, 3.05) is 18.1 Å². The predicted octanol–water partition coefficient (Wildman–Crippen LogP) is 1.04. The van der Waals surface area contributed by atoms with E-state index in [-0.39, 0.29) is 18.9 Å². The van der Waals surface area contributed by atoms with E-state index in [4.69, 9.17) is 9.94 Å². The van der Waals surface area contributed by atoms with Gasteiger partial charge in [-0.1, -0.05) is 23.4 Å². The van der Waals surface area contributed by atoms with E-state index in [1.807, 2.05) is 6.07 Å². The second kappa shape index (κ2) is 5.51. The monoisotopic (exact) mass is 262 g/mol. The second-order valence-corrected chi connectivity index (χ2v) is 4.04. The second-order valence-electron chi connectivity index (χ2n) is 4.04. The van der Waals surface area contributed by atoms with E-state index < -0.39 is 17.8 Å². The molecule has 2 rings (SSSR count). The van der Waals surface area contributed by atoms with Crippen molar-refractivity contribution in [3.05, 3.63) is 30.3 Å². The summed E-state index contributed by atoms with van der Waals surface area (Å²) >= 11 is 0. The Morgan fingerprint density at radius 1 is 1.47 bits per heavy atom. The fourth-order valence-electron chi connectivity index (χ4n) is 2.01. The Kier molecular flexibility index (Phi) is 3.79. The molecule has 1 saturated heterocycles. The zero-order valence-corrected chi connectivity index (χ0v) is 10.4. The van der Waals surface area contributed by atoms with Crippen LogP contribution in [0.4, 0.5) is 5.69 Å². The van der Waals surface area contributed by atoms with Crippen molar-refractivity contribution in [1.82, 2.24) is 0 Å². The minimum atomic E-state index is -0.849. The van der Waals surface area contributed by atoms with Gasteiger partial charge < -0.3 is 14.8 Å². The van der Waals surface area contributed by atoms with E-state index in [0.29, 0.717) is 5.69 Å². The van der Waals surface area contributed by atoms with Crippen molar-refractivity contribution >= 4 is 23.3 Å². The van der Waals surface area contributed by atoms with Crippen LogP contribution in [-0.2, 0) is 14.3 Å². The molecule has 1 aliphatic rings. The Balaban J connectivity index is 2.27. The summed E-state index contributed by atoms with van der Waals surface area (Å²) in [6.07, 6.45) is 0. The third-order valence-electron chi connectivity index (χ3n) is 2.91. The van der Waals surface area contributed by atoms with E-state index in [1.165, 1.54) is 4.90 Å². The van der Waals surface area contributed by atoms with E-state index in [9.17, 15) is 9.59 Å². The van der Waals surface area contributed by atoms with Crippen molar-refractivity contribution in [3.8, 4) is 0 Å². The van der Waals surface area contributed by atoms with Crippen LogP contribution in [0.1, 0.15) is 6.92 Å². The Morgan fingerprint density at radius 2 is 2.16 bits per heavy atom. The summed E-state index contributed by atoms with van der Waals surface area (Å²) in [5.74, 6) is -1.88. The van der Waals surface area contributed by atoms with Gasteiger partial charge in [0.05, 0.1) is 6.61 Å². The first-order valence-corrected chi connectivity index (χ1v) is 5.94. The molecule has 0 radical (unpaired) electrons. The summed E-state index contributed by atoms with van der Waals surface area (Å²) in [5, 5.41) is 11.9. The van der Waals surface area contributed by atoms with Crippen LogP contribution in [0, 0.1) is 5.92 Å². The number of carbonyl (C=O) groups is 2. The normalized spacial score (nSPS) is 20.9. The molecule has 0 aromatic heterocycles. The Morgan fingerprint density at radius 3 is 2.74 bits per heavy atom. The zero-order chi connectivity index (χ0) is 13.8. The fraction of sp³-hybridized carbons (Fsp3) is 0.308. The summed E-state index contributed by atoms with van der Waals surface area (Å²) in [5.41, 5.74) is 0.475. The molecule has 100 valence electrons. The molecule has 1 heterocycles. The van der Waals surface area contributed by atoms with Crippen molar-refractivity contribution in [1.29, 1.82) is 0 Å². The lowest BCUT2D eigenvalue weighted by Crippen LogP contribution is -2.26. The minimum absolute atomic E-state index is 0.126. The van der Waals surface area contributed by atoms with E-state index >= 15 is 0 Å². The average Bonchev–Trinajstić information content (AvgIpc) is 2.77. The van der Waals surface area contributed by atoms with Crippen LogP contribution in [0.2, 0.25) is 0 Å². The molecule has 0 aliphatic carbocycles. The van der Waals surface area contributed by atoms with Gasteiger partial charge in [-0.3, -0.25) is 9.59 Å². The number of para-hydroxylation sites is 1. The van der Waals surface area contributed by atoms with Gasteiger partial charge in [-0.15, -0.1) is 0 Å². The lowest BCUT2D eigenvalue weighted by molar-refractivity contribution is -0.145. The molecule has 1 unspecified atom stereocenters. The van der Waals surface area contributed by atoms with Gasteiger partial charge in [-0.05, 0) is 19.1 Å². The third kappa shape index (κ3) is 2.42.